The van der Waals surface area contributed by atoms with Crippen molar-refractivity contribution in [1.82, 2.24) is 0 Å². The molecule has 0 fully saturated rings. The predicted octanol–water partition coefficient (Wildman–Crippen LogP) is 4.64. The summed E-state index contributed by atoms with van der Waals surface area (Å²) in [6, 6.07) is 10.3. The fourth-order valence-corrected chi connectivity index (χ4v) is 2.37. The second-order valence-electron chi connectivity index (χ2n) is 5.87. The highest BCUT2D eigenvalue weighted by Crippen LogP contribution is 2.36. The van der Waals surface area contributed by atoms with Gasteiger partial charge in [0.05, 0.1) is 31.5 Å². The van der Waals surface area contributed by atoms with Gasteiger partial charge in [-0.3, -0.25) is 4.79 Å². The van der Waals surface area contributed by atoms with Gasteiger partial charge >= 0.3 is 0 Å². The molecular weight excluding hydrogens is 342 g/mol. The number of hydrogen-bond donors (Lipinski definition) is 1. The average Bonchev–Trinajstić information content (AvgIpc) is 2.61. The third-order valence-corrected chi connectivity index (χ3v) is 3.70. The van der Waals surface area contributed by atoms with Crippen LogP contribution in [0.15, 0.2) is 36.4 Å². The molecule has 0 heterocycles. The van der Waals surface area contributed by atoms with Crippen LogP contribution in [0.25, 0.3) is 0 Å². The summed E-state index contributed by atoms with van der Waals surface area (Å²) in [7, 11) is 3.02. The van der Waals surface area contributed by atoms with Crippen LogP contribution in [0.2, 0.25) is 5.02 Å². The second kappa shape index (κ2) is 8.62. The number of amides is 1. The molecular formula is C19H22ClNO4. The molecule has 1 N–H and O–H groups in total. The molecule has 0 spiro atoms. The Balaban J connectivity index is 2.21. The SMILES string of the molecule is COc1cc(NC(=O)c2cccc(OCC(C)C)c2)c(OC)cc1Cl. The lowest BCUT2D eigenvalue weighted by molar-refractivity contribution is 0.102. The van der Waals surface area contributed by atoms with E-state index < -0.39 is 0 Å². The number of carbonyl (C=O) groups excluding carboxylic acids is 1. The van der Waals surface area contributed by atoms with Gasteiger partial charge in [0.25, 0.3) is 5.91 Å². The van der Waals surface area contributed by atoms with E-state index in [4.69, 9.17) is 25.8 Å². The molecule has 2 aromatic rings. The zero-order chi connectivity index (χ0) is 18.4. The standard InChI is InChI=1S/C19H22ClNO4/c1-12(2)11-25-14-7-5-6-13(8-14)19(22)21-16-10-17(23-3)15(20)9-18(16)24-4/h5-10,12H,11H2,1-4H3,(H,21,22). The quantitative estimate of drug-likeness (QED) is 0.778. The smallest absolute Gasteiger partial charge is 0.255 e. The highest BCUT2D eigenvalue weighted by atomic mass is 35.5. The van der Waals surface area contributed by atoms with Gasteiger partial charge in [-0.25, -0.2) is 0 Å². The number of ether oxygens (including phenoxy) is 3. The fourth-order valence-electron chi connectivity index (χ4n) is 2.14. The van der Waals surface area contributed by atoms with Gasteiger partial charge in [0, 0.05) is 17.7 Å². The number of halogens is 1. The van der Waals surface area contributed by atoms with Gasteiger partial charge in [-0.2, -0.15) is 0 Å². The van der Waals surface area contributed by atoms with E-state index in [2.05, 4.69) is 19.2 Å². The molecule has 134 valence electrons. The first-order valence-corrected chi connectivity index (χ1v) is 8.28. The van der Waals surface area contributed by atoms with Crippen LogP contribution in [-0.2, 0) is 0 Å². The Morgan fingerprint density at radius 3 is 2.48 bits per heavy atom. The molecule has 0 unspecified atom stereocenters. The van der Waals surface area contributed by atoms with Crippen molar-refractivity contribution in [1.29, 1.82) is 0 Å². The van der Waals surface area contributed by atoms with Gasteiger partial charge in [0.15, 0.2) is 0 Å². The van der Waals surface area contributed by atoms with E-state index in [1.807, 2.05) is 6.07 Å². The number of rotatable bonds is 7. The van der Waals surface area contributed by atoms with Crippen molar-refractivity contribution < 1.29 is 19.0 Å². The van der Waals surface area contributed by atoms with Crippen LogP contribution in [0, 0.1) is 5.92 Å². The maximum atomic E-state index is 12.6. The summed E-state index contributed by atoms with van der Waals surface area (Å²) in [5, 5.41) is 3.22. The van der Waals surface area contributed by atoms with Gasteiger partial charge in [0.2, 0.25) is 0 Å². The lowest BCUT2D eigenvalue weighted by Crippen LogP contribution is -2.13. The molecule has 25 heavy (non-hydrogen) atoms. The Morgan fingerprint density at radius 1 is 1.12 bits per heavy atom. The number of anilines is 1. The molecule has 2 rings (SSSR count). The third kappa shape index (κ3) is 5.03. The highest BCUT2D eigenvalue weighted by Gasteiger charge is 2.14. The summed E-state index contributed by atoms with van der Waals surface area (Å²) < 4.78 is 16.1. The lowest BCUT2D eigenvalue weighted by Gasteiger charge is -2.14. The Morgan fingerprint density at radius 2 is 1.84 bits per heavy atom. The molecule has 2 aromatic carbocycles. The van der Waals surface area contributed by atoms with E-state index in [1.165, 1.54) is 14.2 Å². The summed E-state index contributed by atoms with van der Waals surface area (Å²) in [4.78, 5) is 12.6. The predicted molar refractivity (Wildman–Crippen MR) is 99.3 cm³/mol. The van der Waals surface area contributed by atoms with Gasteiger partial charge in [-0.05, 0) is 24.1 Å². The van der Waals surface area contributed by atoms with Crippen LogP contribution in [0.3, 0.4) is 0 Å². The third-order valence-electron chi connectivity index (χ3n) is 3.40. The zero-order valence-corrected chi connectivity index (χ0v) is 15.5. The summed E-state index contributed by atoms with van der Waals surface area (Å²) in [6.45, 7) is 4.72. The van der Waals surface area contributed by atoms with Crippen molar-refractivity contribution in [3.8, 4) is 17.2 Å². The molecule has 0 bridgehead atoms. The Bertz CT molecular complexity index is 746. The molecule has 0 radical (unpaired) electrons. The van der Waals surface area contributed by atoms with E-state index in [9.17, 15) is 4.79 Å². The summed E-state index contributed by atoms with van der Waals surface area (Å²) in [5.41, 5.74) is 0.958. The number of methoxy groups -OCH3 is 2. The molecule has 0 saturated carbocycles. The fraction of sp³-hybridized carbons (Fsp3) is 0.316. The lowest BCUT2D eigenvalue weighted by atomic mass is 10.2. The summed E-state index contributed by atoms with van der Waals surface area (Å²) in [6.07, 6.45) is 0. The van der Waals surface area contributed by atoms with E-state index >= 15 is 0 Å². The average molecular weight is 364 g/mol. The molecule has 0 aliphatic carbocycles. The molecule has 0 aromatic heterocycles. The summed E-state index contributed by atoms with van der Waals surface area (Å²) >= 11 is 6.08. The van der Waals surface area contributed by atoms with Gasteiger partial charge < -0.3 is 19.5 Å². The Labute approximate surface area is 152 Å². The van der Waals surface area contributed by atoms with Crippen LogP contribution < -0.4 is 19.5 Å². The van der Waals surface area contributed by atoms with Crippen LogP contribution in [0.5, 0.6) is 17.2 Å². The minimum Gasteiger partial charge on any atom is -0.495 e. The molecule has 0 atom stereocenters. The van der Waals surface area contributed by atoms with Crippen molar-refractivity contribution in [2.75, 3.05) is 26.1 Å². The second-order valence-corrected chi connectivity index (χ2v) is 6.28. The first-order valence-electron chi connectivity index (χ1n) is 7.90. The molecule has 6 heteroatoms. The molecule has 0 aliphatic heterocycles. The largest absolute Gasteiger partial charge is 0.495 e. The minimum atomic E-state index is -0.280. The monoisotopic (exact) mass is 363 g/mol. The topological polar surface area (TPSA) is 56.8 Å². The number of benzene rings is 2. The number of carbonyl (C=O) groups is 1. The minimum absolute atomic E-state index is 0.280. The molecule has 5 nitrogen and oxygen atoms in total. The Kier molecular flexibility index (Phi) is 6.53. The maximum absolute atomic E-state index is 12.6. The first kappa shape index (κ1) is 18.9. The number of nitrogens with one attached hydrogen (secondary N) is 1. The van der Waals surface area contributed by atoms with Crippen molar-refractivity contribution in [2.45, 2.75) is 13.8 Å². The van der Waals surface area contributed by atoms with E-state index in [0.717, 1.165) is 0 Å². The van der Waals surface area contributed by atoms with Gasteiger partial charge in [-0.1, -0.05) is 31.5 Å². The van der Waals surface area contributed by atoms with Crippen molar-refractivity contribution in [2.24, 2.45) is 5.92 Å². The van der Waals surface area contributed by atoms with E-state index in [1.54, 1.807) is 30.3 Å². The molecule has 0 saturated heterocycles. The van der Waals surface area contributed by atoms with Crippen LogP contribution in [0.4, 0.5) is 5.69 Å². The van der Waals surface area contributed by atoms with Crippen molar-refractivity contribution in [3.63, 3.8) is 0 Å². The molecule has 1 amide bonds. The maximum Gasteiger partial charge on any atom is 0.255 e. The van der Waals surface area contributed by atoms with Crippen LogP contribution in [-0.4, -0.2) is 26.7 Å². The van der Waals surface area contributed by atoms with Gasteiger partial charge in [-0.15, -0.1) is 0 Å². The van der Waals surface area contributed by atoms with E-state index in [-0.39, 0.29) is 5.91 Å². The molecule has 0 aliphatic rings. The first-order chi connectivity index (χ1) is 11.9. The normalized spacial score (nSPS) is 10.5. The zero-order valence-electron chi connectivity index (χ0n) is 14.8. The highest BCUT2D eigenvalue weighted by molar-refractivity contribution is 6.32. The van der Waals surface area contributed by atoms with Crippen molar-refractivity contribution >= 4 is 23.2 Å². The van der Waals surface area contributed by atoms with Crippen molar-refractivity contribution in [3.05, 3.63) is 47.0 Å². The summed E-state index contributed by atoms with van der Waals surface area (Å²) in [5.74, 6) is 1.68. The Hall–Kier alpha value is -2.40. The van der Waals surface area contributed by atoms with Gasteiger partial charge in [0.1, 0.15) is 17.2 Å². The number of hydrogen-bond acceptors (Lipinski definition) is 4. The van der Waals surface area contributed by atoms with Crippen LogP contribution >= 0.6 is 11.6 Å². The van der Waals surface area contributed by atoms with Crippen LogP contribution in [0.1, 0.15) is 24.2 Å². The van der Waals surface area contributed by atoms with E-state index in [0.29, 0.717) is 46.0 Å².